The third-order valence-electron chi connectivity index (χ3n) is 3.41. The predicted molar refractivity (Wildman–Crippen MR) is 90.3 cm³/mol. The van der Waals surface area contributed by atoms with Gasteiger partial charge in [-0.25, -0.2) is 0 Å². The van der Waals surface area contributed by atoms with Crippen molar-refractivity contribution in [3.05, 3.63) is 34.5 Å². The second kappa shape index (κ2) is 7.37. The molecule has 0 unspecified atom stereocenters. The van der Waals surface area contributed by atoms with E-state index in [-0.39, 0.29) is 5.91 Å². The van der Waals surface area contributed by atoms with Crippen LogP contribution >= 0.6 is 11.6 Å². The summed E-state index contributed by atoms with van der Waals surface area (Å²) in [6.07, 6.45) is 0.591. The van der Waals surface area contributed by atoms with E-state index in [0.717, 1.165) is 5.56 Å². The predicted octanol–water partition coefficient (Wildman–Crippen LogP) is 3.78. The smallest absolute Gasteiger partial charge is 0.248 e. The molecule has 0 aliphatic carbocycles. The minimum atomic E-state index is -0.443. The van der Waals surface area contributed by atoms with Crippen LogP contribution in [0.4, 0.5) is 11.5 Å². The first kappa shape index (κ1) is 17.1. The van der Waals surface area contributed by atoms with Crippen LogP contribution in [0, 0.1) is 13.8 Å². The number of nitrogens with zero attached hydrogens (tertiary/aromatic N) is 1. The molecule has 2 aromatic rings. The molecule has 2 rings (SSSR count). The summed E-state index contributed by atoms with van der Waals surface area (Å²) in [5, 5.41) is 10.3. The van der Waals surface area contributed by atoms with E-state index in [4.69, 9.17) is 20.9 Å². The summed E-state index contributed by atoms with van der Waals surface area (Å²) in [7, 11) is 1.56. The van der Waals surface area contributed by atoms with E-state index in [1.165, 1.54) is 0 Å². The number of amides is 1. The summed E-state index contributed by atoms with van der Waals surface area (Å²) >= 11 is 6.10. The number of halogens is 1. The summed E-state index contributed by atoms with van der Waals surface area (Å²) in [6.45, 7) is 5.58. The van der Waals surface area contributed by atoms with Gasteiger partial charge in [0, 0.05) is 17.2 Å². The van der Waals surface area contributed by atoms with Gasteiger partial charge in [-0.15, -0.1) is 0 Å². The average Bonchev–Trinajstić information content (AvgIpc) is 2.92. The van der Waals surface area contributed by atoms with Gasteiger partial charge in [-0.3, -0.25) is 4.79 Å². The second-order valence-corrected chi connectivity index (χ2v) is 5.63. The number of aryl methyl sites for hydroxylation is 2. The van der Waals surface area contributed by atoms with E-state index < -0.39 is 6.04 Å². The maximum atomic E-state index is 12.4. The highest BCUT2D eigenvalue weighted by Crippen LogP contribution is 2.31. The van der Waals surface area contributed by atoms with Gasteiger partial charge in [0.25, 0.3) is 0 Å². The molecule has 124 valence electrons. The Morgan fingerprint density at radius 2 is 2.13 bits per heavy atom. The van der Waals surface area contributed by atoms with Crippen LogP contribution in [0.25, 0.3) is 0 Å². The lowest BCUT2D eigenvalue weighted by Gasteiger charge is -2.19. The Morgan fingerprint density at radius 3 is 2.70 bits per heavy atom. The van der Waals surface area contributed by atoms with Crippen LogP contribution in [-0.4, -0.2) is 24.2 Å². The van der Waals surface area contributed by atoms with Crippen LogP contribution < -0.4 is 15.4 Å². The fraction of sp³-hybridized carbons (Fsp3) is 0.375. The molecule has 1 heterocycles. The quantitative estimate of drug-likeness (QED) is 0.838. The number of carbonyl (C=O) groups is 1. The van der Waals surface area contributed by atoms with Gasteiger partial charge in [0.1, 0.15) is 17.6 Å². The molecule has 1 atom stereocenters. The topological polar surface area (TPSA) is 76.4 Å². The van der Waals surface area contributed by atoms with Gasteiger partial charge >= 0.3 is 0 Å². The molecule has 7 heteroatoms. The van der Waals surface area contributed by atoms with Gasteiger partial charge in [-0.1, -0.05) is 23.7 Å². The maximum absolute atomic E-state index is 12.4. The standard InChI is InChI=1S/C16H20ClN3O3/c1-5-12(16(21)19-15-7-10(3)23-20-15)18-13-6-9(2)11(17)8-14(13)22-4/h6-8,12,18H,5H2,1-4H3,(H,19,20,21)/t12-/m0/s1. The number of hydrogen-bond acceptors (Lipinski definition) is 5. The molecule has 1 aromatic carbocycles. The van der Waals surface area contributed by atoms with Gasteiger partial charge < -0.3 is 19.9 Å². The van der Waals surface area contributed by atoms with E-state index in [1.807, 2.05) is 19.9 Å². The van der Waals surface area contributed by atoms with Crippen LogP contribution in [0.1, 0.15) is 24.7 Å². The van der Waals surface area contributed by atoms with Crippen molar-refractivity contribution in [2.45, 2.75) is 33.2 Å². The second-order valence-electron chi connectivity index (χ2n) is 5.22. The van der Waals surface area contributed by atoms with Crippen molar-refractivity contribution >= 4 is 29.0 Å². The van der Waals surface area contributed by atoms with Gasteiger partial charge in [0.05, 0.1) is 12.8 Å². The highest BCUT2D eigenvalue weighted by molar-refractivity contribution is 6.31. The third-order valence-corrected chi connectivity index (χ3v) is 3.82. The first-order valence-electron chi connectivity index (χ1n) is 7.29. The van der Waals surface area contributed by atoms with E-state index >= 15 is 0 Å². The Hall–Kier alpha value is -2.21. The monoisotopic (exact) mass is 337 g/mol. The van der Waals surface area contributed by atoms with Crippen molar-refractivity contribution in [2.24, 2.45) is 0 Å². The summed E-state index contributed by atoms with van der Waals surface area (Å²) < 4.78 is 10.3. The highest BCUT2D eigenvalue weighted by atomic mass is 35.5. The number of anilines is 2. The molecule has 6 nitrogen and oxygen atoms in total. The number of methoxy groups -OCH3 is 1. The number of rotatable bonds is 6. The lowest BCUT2D eigenvalue weighted by Crippen LogP contribution is -2.34. The lowest BCUT2D eigenvalue weighted by molar-refractivity contribution is -0.117. The van der Waals surface area contributed by atoms with Crippen LogP contribution in [0.2, 0.25) is 5.02 Å². The van der Waals surface area contributed by atoms with Crippen molar-refractivity contribution in [3.8, 4) is 5.75 Å². The van der Waals surface area contributed by atoms with E-state index in [0.29, 0.717) is 34.5 Å². The largest absolute Gasteiger partial charge is 0.495 e. The average molecular weight is 338 g/mol. The van der Waals surface area contributed by atoms with E-state index in [9.17, 15) is 4.79 Å². The molecule has 0 spiro atoms. The minimum Gasteiger partial charge on any atom is -0.495 e. The van der Waals surface area contributed by atoms with Crippen molar-refractivity contribution in [2.75, 3.05) is 17.7 Å². The molecule has 0 radical (unpaired) electrons. The maximum Gasteiger partial charge on any atom is 0.248 e. The Bertz CT molecular complexity index is 700. The molecular weight excluding hydrogens is 318 g/mol. The van der Waals surface area contributed by atoms with Crippen LogP contribution in [0.3, 0.4) is 0 Å². The summed E-state index contributed by atoms with van der Waals surface area (Å²) in [4.78, 5) is 12.4. The van der Waals surface area contributed by atoms with Gasteiger partial charge in [-0.05, 0) is 31.9 Å². The first-order valence-corrected chi connectivity index (χ1v) is 7.67. The van der Waals surface area contributed by atoms with Gasteiger partial charge in [0.2, 0.25) is 5.91 Å². The van der Waals surface area contributed by atoms with Crippen LogP contribution in [-0.2, 0) is 4.79 Å². The number of nitrogens with one attached hydrogen (secondary N) is 2. The Kier molecular flexibility index (Phi) is 5.50. The van der Waals surface area contributed by atoms with Gasteiger partial charge in [0.15, 0.2) is 5.82 Å². The molecule has 23 heavy (non-hydrogen) atoms. The number of hydrogen-bond donors (Lipinski definition) is 2. The molecule has 0 fully saturated rings. The zero-order valence-electron chi connectivity index (χ0n) is 13.6. The molecule has 0 aliphatic rings. The van der Waals surface area contributed by atoms with Crippen molar-refractivity contribution < 1.29 is 14.1 Å². The van der Waals surface area contributed by atoms with E-state index in [1.54, 1.807) is 26.2 Å². The molecule has 0 aliphatic heterocycles. The molecule has 1 amide bonds. The highest BCUT2D eigenvalue weighted by Gasteiger charge is 2.19. The molecule has 0 saturated heterocycles. The van der Waals surface area contributed by atoms with Gasteiger partial charge in [-0.2, -0.15) is 0 Å². The van der Waals surface area contributed by atoms with Crippen molar-refractivity contribution in [1.82, 2.24) is 5.16 Å². The summed E-state index contributed by atoms with van der Waals surface area (Å²) in [6, 6.07) is 4.81. The fourth-order valence-corrected chi connectivity index (χ4v) is 2.28. The zero-order chi connectivity index (χ0) is 17.0. The zero-order valence-corrected chi connectivity index (χ0v) is 14.3. The van der Waals surface area contributed by atoms with E-state index in [2.05, 4.69) is 15.8 Å². The Morgan fingerprint density at radius 1 is 1.39 bits per heavy atom. The first-order chi connectivity index (χ1) is 10.9. The Balaban J connectivity index is 2.15. The molecule has 0 bridgehead atoms. The van der Waals surface area contributed by atoms with Crippen molar-refractivity contribution in [3.63, 3.8) is 0 Å². The Labute approximate surface area is 140 Å². The third kappa shape index (κ3) is 4.16. The minimum absolute atomic E-state index is 0.199. The summed E-state index contributed by atoms with van der Waals surface area (Å²) in [5.41, 5.74) is 1.62. The number of ether oxygens (including phenoxy) is 1. The normalized spacial score (nSPS) is 11.9. The van der Waals surface area contributed by atoms with Crippen LogP contribution in [0.5, 0.6) is 5.75 Å². The number of aromatic nitrogens is 1. The number of benzene rings is 1. The fourth-order valence-electron chi connectivity index (χ4n) is 2.12. The number of carbonyl (C=O) groups excluding carboxylic acids is 1. The molecule has 0 saturated carbocycles. The molecule has 1 aromatic heterocycles. The molecular formula is C16H20ClN3O3. The van der Waals surface area contributed by atoms with Crippen LogP contribution in [0.15, 0.2) is 22.7 Å². The molecule has 2 N–H and O–H groups in total. The lowest BCUT2D eigenvalue weighted by atomic mass is 10.1. The SMILES string of the molecule is CC[C@H](Nc1cc(C)c(Cl)cc1OC)C(=O)Nc1cc(C)on1. The van der Waals surface area contributed by atoms with Crippen molar-refractivity contribution in [1.29, 1.82) is 0 Å². The summed E-state index contributed by atoms with van der Waals surface area (Å²) in [5.74, 6) is 1.42.